The van der Waals surface area contributed by atoms with Crippen LogP contribution < -0.4 is 10.6 Å². The van der Waals surface area contributed by atoms with E-state index >= 15 is 0 Å². The Hall–Kier alpha value is -2.44. The monoisotopic (exact) mass is 400 g/mol. The van der Waals surface area contributed by atoms with Crippen molar-refractivity contribution in [2.75, 3.05) is 11.9 Å². The minimum Gasteiger partial charge on any atom is -0.508 e. The number of aliphatic hydroxyl groups is 1. The third-order valence-corrected chi connectivity index (χ3v) is 5.44. The first-order valence-corrected chi connectivity index (χ1v) is 9.98. The van der Waals surface area contributed by atoms with Crippen LogP contribution in [0.15, 0.2) is 30.3 Å². The van der Waals surface area contributed by atoms with Gasteiger partial charge in [0.2, 0.25) is 5.91 Å². The molecule has 1 heterocycles. The zero-order chi connectivity index (χ0) is 21.2. The van der Waals surface area contributed by atoms with Crippen LogP contribution in [-0.4, -0.2) is 28.2 Å². The normalized spacial score (nSPS) is 15.4. The van der Waals surface area contributed by atoms with Crippen LogP contribution in [0.5, 0.6) is 5.75 Å². The lowest BCUT2D eigenvalue weighted by molar-refractivity contribution is -0.116. The van der Waals surface area contributed by atoms with Gasteiger partial charge in [0, 0.05) is 30.3 Å². The van der Waals surface area contributed by atoms with Gasteiger partial charge in [-0.3, -0.25) is 4.79 Å². The standard InChI is InChI=1S/C23H29FN2O3/c1-14-9-16(24)8-7-15(14)12-23(2,3)25-13-21(28)19-10-17(27)11-20-18(19)5-4-6-22(29)26-20/h7-11,21,25,27-28H,4-6,12-13H2,1-3H3,(H,26,29). The molecule has 0 saturated carbocycles. The minimum atomic E-state index is -0.834. The fourth-order valence-electron chi connectivity index (χ4n) is 3.88. The van der Waals surface area contributed by atoms with Crippen LogP contribution in [0.4, 0.5) is 10.1 Å². The summed E-state index contributed by atoms with van der Waals surface area (Å²) in [5.41, 5.74) is 3.69. The maximum absolute atomic E-state index is 13.4. The third kappa shape index (κ3) is 5.34. The Labute approximate surface area is 171 Å². The Kier molecular flexibility index (Phi) is 6.24. The van der Waals surface area contributed by atoms with Crippen LogP contribution in [0, 0.1) is 12.7 Å². The summed E-state index contributed by atoms with van der Waals surface area (Å²) in [6.07, 6.45) is 1.64. The maximum Gasteiger partial charge on any atom is 0.224 e. The van der Waals surface area contributed by atoms with Crippen molar-refractivity contribution in [3.05, 3.63) is 58.4 Å². The quantitative estimate of drug-likeness (QED) is 0.595. The molecule has 1 unspecified atom stereocenters. The van der Waals surface area contributed by atoms with Gasteiger partial charge in [-0.15, -0.1) is 0 Å². The number of hydrogen-bond acceptors (Lipinski definition) is 4. The molecule has 0 saturated heterocycles. The Morgan fingerprint density at radius 1 is 1.24 bits per heavy atom. The first-order valence-electron chi connectivity index (χ1n) is 9.98. The van der Waals surface area contributed by atoms with Crippen molar-refractivity contribution in [1.82, 2.24) is 5.32 Å². The topological polar surface area (TPSA) is 81.6 Å². The van der Waals surface area contributed by atoms with Gasteiger partial charge in [-0.1, -0.05) is 6.07 Å². The van der Waals surface area contributed by atoms with Crippen molar-refractivity contribution in [1.29, 1.82) is 0 Å². The van der Waals surface area contributed by atoms with Crippen molar-refractivity contribution in [3.8, 4) is 5.75 Å². The molecular formula is C23H29FN2O3. The summed E-state index contributed by atoms with van der Waals surface area (Å²) in [4.78, 5) is 11.8. The number of carbonyl (C=O) groups is 1. The molecule has 2 aromatic carbocycles. The van der Waals surface area contributed by atoms with Crippen molar-refractivity contribution in [2.45, 2.75) is 58.1 Å². The number of aliphatic hydroxyl groups excluding tert-OH is 1. The molecule has 0 spiro atoms. The molecule has 1 aliphatic heterocycles. The molecule has 156 valence electrons. The highest BCUT2D eigenvalue weighted by atomic mass is 19.1. The second-order valence-electron chi connectivity index (χ2n) is 8.49. The Morgan fingerprint density at radius 2 is 2.00 bits per heavy atom. The van der Waals surface area contributed by atoms with E-state index in [1.54, 1.807) is 12.1 Å². The molecule has 1 amide bonds. The van der Waals surface area contributed by atoms with Gasteiger partial charge in [-0.2, -0.15) is 0 Å². The van der Waals surface area contributed by atoms with Crippen LogP contribution in [0.2, 0.25) is 0 Å². The molecule has 0 bridgehead atoms. The molecule has 29 heavy (non-hydrogen) atoms. The summed E-state index contributed by atoms with van der Waals surface area (Å²) in [7, 11) is 0. The molecule has 1 atom stereocenters. The van der Waals surface area contributed by atoms with Gasteiger partial charge >= 0.3 is 0 Å². The molecule has 0 fully saturated rings. The van der Waals surface area contributed by atoms with E-state index in [2.05, 4.69) is 10.6 Å². The van der Waals surface area contributed by atoms with Gasteiger partial charge in [0.25, 0.3) is 0 Å². The summed E-state index contributed by atoms with van der Waals surface area (Å²) in [5.74, 6) is -0.311. The number of β-amino-alcohol motifs (C(OH)–C–C–N with tert-alkyl or cyclic N) is 1. The van der Waals surface area contributed by atoms with Crippen molar-refractivity contribution in [3.63, 3.8) is 0 Å². The largest absolute Gasteiger partial charge is 0.508 e. The zero-order valence-electron chi connectivity index (χ0n) is 17.2. The summed E-state index contributed by atoms with van der Waals surface area (Å²) < 4.78 is 13.4. The highest BCUT2D eigenvalue weighted by Gasteiger charge is 2.24. The molecule has 3 rings (SSSR count). The fraction of sp³-hybridized carbons (Fsp3) is 0.435. The number of halogens is 1. The Bertz CT molecular complexity index is 911. The van der Waals surface area contributed by atoms with E-state index in [0.29, 0.717) is 36.9 Å². The number of benzene rings is 2. The van der Waals surface area contributed by atoms with Crippen molar-refractivity contribution < 1.29 is 19.4 Å². The molecule has 0 aliphatic carbocycles. The van der Waals surface area contributed by atoms with E-state index in [4.69, 9.17) is 0 Å². The number of anilines is 1. The van der Waals surface area contributed by atoms with E-state index in [1.165, 1.54) is 18.2 Å². The van der Waals surface area contributed by atoms with E-state index in [-0.39, 0.29) is 29.6 Å². The number of amides is 1. The summed E-state index contributed by atoms with van der Waals surface area (Å²) in [5, 5.41) is 27.1. The predicted molar refractivity (Wildman–Crippen MR) is 112 cm³/mol. The Morgan fingerprint density at radius 3 is 2.72 bits per heavy atom. The minimum absolute atomic E-state index is 0.0150. The number of phenols is 1. The van der Waals surface area contributed by atoms with E-state index in [0.717, 1.165) is 16.7 Å². The second-order valence-corrected chi connectivity index (χ2v) is 8.49. The summed E-state index contributed by atoms with van der Waals surface area (Å²) >= 11 is 0. The lowest BCUT2D eigenvalue weighted by Gasteiger charge is -2.29. The highest BCUT2D eigenvalue weighted by molar-refractivity contribution is 5.92. The fourth-order valence-corrected chi connectivity index (χ4v) is 3.88. The molecule has 5 nitrogen and oxygen atoms in total. The molecule has 6 heteroatoms. The summed E-state index contributed by atoms with van der Waals surface area (Å²) in [6.45, 7) is 6.24. The third-order valence-electron chi connectivity index (χ3n) is 5.44. The predicted octanol–water partition coefficient (Wildman–Crippen LogP) is 3.76. The van der Waals surface area contributed by atoms with Gasteiger partial charge in [-0.25, -0.2) is 4.39 Å². The first kappa shape index (κ1) is 21.3. The highest BCUT2D eigenvalue weighted by Crippen LogP contribution is 2.33. The van der Waals surface area contributed by atoms with Crippen LogP contribution in [0.25, 0.3) is 0 Å². The van der Waals surface area contributed by atoms with Crippen molar-refractivity contribution in [2.24, 2.45) is 0 Å². The van der Waals surface area contributed by atoms with Gasteiger partial charge < -0.3 is 20.8 Å². The van der Waals surface area contributed by atoms with E-state index in [1.807, 2.05) is 20.8 Å². The lowest BCUT2D eigenvalue weighted by Crippen LogP contribution is -2.43. The number of phenolic OH excluding ortho intramolecular Hbond substituents is 1. The number of carbonyl (C=O) groups excluding carboxylic acids is 1. The number of nitrogens with one attached hydrogen (secondary N) is 2. The molecular weight excluding hydrogens is 371 g/mol. The van der Waals surface area contributed by atoms with E-state index < -0.39 is 6.10 Å². The summed E-state index contributed by atoms with van der Waals surface area (Å²) in [6, 6.07) is 7.88. The average molecular weight is 400 g/mol. The van der Waals surface area contributed by atoms with Crippen LogP contribution in [-0.2, 0) is 17.6 Å². The van der Waals surface area contributed by atoms with Gasteiger partial charge in [-0.05, 0) is 80.5 Å². The molecule has 0 radical (unpaired) electrons. The first-order chi connectivity index (χ1) is 13.6. The molecule has 0 aromatic heterocycles. The second kappa shape index (κ2) is 8.51. The number of hydrogen-bond donors (Lipinski definition) is 4. The lowest BCUT2D eigenvalue weighted by atomic mass is 9.91. The van der Waals surface area contributed by atoms with Crippen LogP contribution >= 0.6 is 0 Å². The van der Waals surface area contributed by atoms with Gasteiger partial charge in [0.15, 0.2) is 0 Å². The number of fused-ring (bicyclic) bond motifs is 1. The zero-order valence-corrected chi connectivity index (χ0v) is 17.2. The molecule has 2 aromatic rings. The number of aryl methyl sites for hydroxylation is 1. The smallest absolute Gasteiger partial charge is 0.224 e. The van der Waals surface area contributed by atoms with Crippen LogP contribution in [0.3, 0.4) is 0 Å². The van der Waals surface area contributed by atoms with Crippen molar-refractivity contribution >= 4 is 11.6 Å². The number of rotatable bonds is 6. The maximum atomic E-state index is 13.4. The Balaban J connectivity index is 1.73. The molecule has 1 aliphatic rings. The van der Waals surface area contributed by atoms with E-state index in [9.17, 15) is 19.4 Å². The van der Waals surface area contributed by atoms with Crippen LogP contribution in [0.1, 0.15) is 55.0 Å². The van der Waals surface area contributed by atoms with Gasteiger partial charge in [0.05, 0.1) is 6.10 Å². The molecule has 4 N–H and O–H groups in total. The SMILES string of the molecule is Cc1cc(F)ccc1CC(C)(C)NCC(O)c1cc(O)cc2c1CCCC(=O)N2. The number of aromatic hydroxyl groups is 1. The average Bonchev–Trinajstić information content (AvgIpc) is 2.82. The van der Waals surface area contributed by atoms with Gasteiger partial charge in [0.1, 0.15) is 11.6 Å².